The number of aromatic amines is 1. The lowest BCUT2D eigenvalue weighted by atomic mass is 10.1. The van der Waals surface area contributed by atoms with Gasteiger partial charge in [0.1, 0.15) is 17.7 Å². The van der Waals surface area contributed by atoms with Crippen LogP contribution in [0.5, 0.6) is 5.75 Å². The standard InChI is InChI=1S/C14H19N3O2/c1-8-6-10(4-5-12(8)19-3)13-9(2)16-14(17-13)11(18)7-15/h4-6,11,18H,7,15H2,1-3H3,(H,16,17). The van der Waals surface area contributed by atoms with Crippen molar-refractivity contribution in [3.63, 3.8) is 0 Å². The van der Waals surface area contributed by atoms with Crippen molar-refractivity contribution in [2.75, 3.05) is 13.7 Å². The molecule has 1 heterocycles. The molecule has 1 aromatic heterocycles. The van der Waals surface area contributed by atoms with Crippen LogP contribution in [0.15, 0.2) is 18.2 Å². The first kappa shape index (κ1) is 13.6. The fraction of sp³-hybridized carbons (Fsp3) is 0.357. The summed E-state index contributed by atoms with van der Waals surface area (Å²) in [5, 5.41) is 9.71. The number of rotatable bonds is 4. The molecule has 1 aromatic carbocycles. The molecule has 1 atom stereocenters. The molecule has 19 heavy (non-hydrogen) atoms. The van der Waals surface area contributed by atoms with Crippen molar-refractivity contribution in [2.24, 2.45) is 5.73 Å². The molecule has 5 heteroatoms. The van der Waals surface area contributed by atoms with E-state index in [4.69, 9.17) is 10.5 Å². The molecular weight excluding hydrogens is 242 g/mol. The zero-order valence-electron chi connectivity index (χ0n) is 11.4. The highest BCUT2D eigenvalue weighted by Crippen LogP contribution is 2.27. The fourth-order valence-corrected chi connectivity index (χ4v) is 2.06. The van der Waals surface area contributed by atoms with Gasteiger partial charge in [-0.2, -0.15) is 0 Å². The molecule has 0 fully saturated rings. The number of aromatic nitrogens is 2. The zero-order valence-corrected chi connectivity index (χ0v) is 11.4. The van der Waals surface area contributed by atoms with Crippen LogP contribution >= 0.6 is 0 Å². The number of nitrogens with two attached hydrogens (primary N) is 1. The van der Waals surface area contributed by atoms with Gasteiger partial charge >= 0.3 is 0 Å². The van der Waals surface area contributed by atoms with Gasteiger partial charge < -0.3 is 20.6 Å². The number of ether oxygens (including phenoxy) is 1. The second-order valence-electron chi connectivity index (χ2n) is 4.53. The van der Waals surface area contributed by atoms with Gasteiger partial charge in [0.05, 0.1) is 12.8 Å². The van der Waals surface area contributed by atoms with Crippen LogP contribution in [0, 0.1) is 13.8 Å². The first-order valence-electron chi connectivity index (χ1n) is 6.16. The monoisotopic (exact) mass is 261 g/mol. The fourth-order valence-electron chi connectivity index (χ4n) is 2.06. The van der Waals surface area contributed by atoms with E-state index in [0.717, 1.165) is 28.3 Å². The van der Waals surface area contributed by atoms with Gasteiger partial charge in [0.25, 0.3) is 0 Å². The van der Waals surface area contributed by atoms with Gasteiger partial charge in [-0.15, -0.1) is 0 Å². The smallest absolute Gasteiger partial charge is 0.137 e. The Morgan fingerprint density at radius 1 is 1.42 bits per heavy atom. The molecule has 0 aliphatic rings. The van der Waals surface area contributed by atoms with Gasteiger partial charge in [-0.25, -0.2) is 4.98 Å². The van der Waals surface area contributed by atoms with E-state index in [1.165, 1.54) is 0 Å². The summed E-state index contributed by atoms with van der Waals surface area (Å²) >= 11 is 0. The van der Waals surface area contributed by atoms with E-state index in [9.17, 15) is 5.11 Å². The average molecular weight is 261 g/mol. The van der Waals surface area contributed by atoms with Crippen molar-refractivity contribution in [3.8, 4) is 17.0 Å². The van der Waals surface area contributed by atoms with Crippen molar-refractivity contribution in [3.05, 3.63) is 35.3 Å². The second-order valence-corrected chi connectivity index (χ2v) is 4.53. The first-order valence-corrected chi connectivity index (χ1v) is 6.16. The van der Waals surface area contributed by atoms with Gasteiger partial charge in [-0.05, 0) is 37.6 Å². The van der Waals surface area contributed by atoms with Gasteiger partial charge in [0, 0.05) is 17.8 Å². The van der Waals surface area contributed by atoms with Crippen LogP contribution in [0.25, 0.3) is 11.3 Å². The van der Waals surface area contributed by atoms with Gasteiger partial charge in [-0.3, -0.25) is 0 Å². The van der Waals surface area contributed by atoms with Crippen LogP contribution in [-0.2, 0) is 0 Å². The summed E-state index contributed by atoms with van der Waals surface area (Å²) in [7, 11) is 1.65. The summed E-state index contributed by atoms with van der Waals surface area (Å²) in [6.07, 6.45) is -0.758. The molecule has 4 N–H and O–H groups in total. The Bertz CT molecular complexity index is 578. The van der Waals surface area contributed by atoms with E-state index in [-0.39, 0.29) is 6.54 Å². The summed E-state index contributed by atoms with van der Waals surface area (Å²) in [6.45, 7) is 4.06. The number of imidazole rings is 1. The maximum Gasteiger partial charge on any atom is 0.137 e. The Morgan fingerprint density at radius 2 is 2.16 bits per heavy atom. The predicted octanol–water partition coefficient (Wildman–Crippen LogP) is 1.69. The Kier molecular flexibility index (Phi) is 3.87. The third-order valence-corrected chi connectivity index (χ3v) is 3.11. The number of methoxy groups -OCH3 is 1. The van der Waals surface area contributed by atoms with Crippen molar-refractivity contribution in [1.29, 1.82) is 0 Å². The van der Waals surface area contributed by atoms with E-state index < -0.39 is 6.10 Å². The second kappa shape index (κ2) is 5.42. The third-order valence-electron chi connectivity index (χ3n) is 3.11. The Morgan fingerprint density at radius 3 is 2.74 bits per heavy atom. The lowest BCUT2D eigenvalue weighted by Crippen LogP contribution is -2.12. The Labute approximate surface area is 112 Å². The molecule has 0 bridgehead atoms. The number of aliphatic hydroxyl groups is 1. The van der Waals surface area contributed by atoms with Crippen LogP contribution in [0.2, 0.25) is 0 Å². The molecule has 0 spiro atoms. The molecule has 0 aliphatic heterocycles. The molecular formula is C14H19N3O2. The number of nitrogens with zero attached hydrogens (tertiary/aromatic N) is 1. The van der Waals surface area contributed by atoms with Crippen LogP contribution in [0.1, 0.15) is 23.2 Å². The lowest BCUT2D eigenvalue weighted by Gasteiger charge is -2.06. The topological polar surface area (TPSA) is 84.2 Å². The molecule has 5 nitrogen and oxygen atoms in total. The summed E-state index contributed by atoms with van der Waals surface area (Å²) in [5.41, 5.74) is 9.21. The number of H-pyrrole nitrogens is 1. The minimum absolute atomic E-state index is 0.147. The summed E-state index contributed by atoms with van der Waals surface area (Å²) in [6, 6.07) is 5.88. The maximum absolute atomic E-state index is 9.71. The average Bonchev–Trinajstić information content (AvgIpc) is 2.80. The lowest BCUT2D eigenvalue weighted by molar-refractivity contribution is 0.177. The third kappa shape index (κ3) is 2.62. The molecule has 0 amide bonds. The molecule has 0 saturated heterocycles. The Balaban J connectivity index is 2.41. The molecule has 2 rings (SSSR count). The van der Waals surface area contributed by atoms with Crippen LogP contribution in [0.4, 0.5) is 0 Å². The van der Waals surface area contributed by atoms with Gasteiger partial charge in [-0.1, -0.05) is 0 Å². The van der Waals surface area contributed by atoms with Crippen molar-refractivity contribution < 1.29 is 9.84 Å². The van der Waals surface area contributed by atoms with Crippen molar-refractivity contribution in [2.45, 2.75) is 20.0 Å². The summed E-state index contributed by atoms with van der Waals surface area (Å²) < 4.78 is 5.24. The zero-order chi connectivity index (χ0) is 14.0. The van der Waals surface area contributed by atoms with Gasteiger partial charge in [0.15, 0.2) is 0 Å². The maximum atomic E-state index is 9.71. The van der Waals surface area contributed by atoms with Gasteiger partial charge in [0.2, 0.25) is 0 Å². The van der Waals surface area contributed by atoms with Crippen LogP contribution in [0.3, 0.4) is 0 Å². The van der Waals surface area contributed by atoms with Crippen LogP contribution in [-0.4, -0.2) is 28.7 Å². The first-order chi connectivity index (χ1) is 9.06. The van der Waals surface area contributed by atoms with E-state index in [1.807, 2.05) is 32.0 Å². The molecule has 1 unspecified atom stereocenters. The predicted molar refractivity (Wildman–Crippen MR) is 74.1 cm³/mol. The Hall–Kier alpha value is -1.85. The number of hydrogen-bond donors (Lipinski definition) is 3. The summed E-state index contributed by atoms with van der Waals surface area (Å²) in [5.74, 6) is 1.35. The quantitative estimate of drug-likeness (QED) is 0.782. The molecule has 2 aromatic rings. The van der Waals surface area contributed by atoms with E-state index in [2.05, 4.69) is 9.97 Å². The van der Waals surface area contributed by atoms with E-state index in [0.29, 0.717) is 5.82 Å². The van der Waals surface area contributed by atoms with Crippen molar-refractivity contribution in [1.82, 2.24) is 9.97 Å². The minimum Gasteiger partial charge on any atom is -0.496 e. The normalized spacial score (nSPS) is 12.5. The van der Waals surface area contributed by atoms with E-state index >= 15 is 0 Å². The number of nitrogens with one attached hydrogen (secondary N) is 1. The van der Waals surface area contributed by atoms with E-state index in [1.54, 1.807) is 7.11 Å². The molecule has 102 valence electrons. The molecule has 0 radical (unpaired) electrons. The summed E-state index contributed by atoms with van der Waals surface area (Å²) in [4.78, 5) is 7.49. The highest BCUT2D eigenvalue weighted by Gasteiger charge is 2.14. The highest BCUT2D eigenvalue weighted by molar-refractivity contribution is 5.64. The van der Waals surface area contributed by atoms with Crippen molar-refractivity contribution >= 4 is 0 Å². The number of aryl methyl sites for hydroxylation is 2. The van der Waals surface area contributed by atoms with Crippen LogP contribution < -0.4 is 10.5 Å². The highest BCUT2D eigenvalue weighted by atomic mass is 16.5. The number of benzene rings is 1. The molecule has 0 aliphatic carbocycles. The minimum atomic E-state index is -0.758. The number of hydrogen-bond acceptors (Lipinski definition) is 4. The SMILES string of the molecule is COc1ccc(-c2nc(C(O)CN)[nH]c2C)cc1C. The largest absolute Gasteiger partial charge is 0.496 e. The molecule has 0 saturated carbocycles. The number of aliphatic hydroxyl groups excluding tert-OH is 1.